The molecule has 2 aliphatic heterocycles. The number of anilines is 1. The van der Waals surface area contributed by atoms with Crippen molar-refractivity contribution in [1.29, 1.82) is 0 Å². The Labute approximate surface area is 161 Å². The average molecular weight is 388 g/mol. The fourth-order valence-corrected chi connectivity index (χ4v) is 4.15. The molecule has 1 aromatic heterocycles. The van der Waals surface area contributed by atoms with E-state index in [4.69, 9.17) is 16.0 Å². The number of nitrogens with zero attached hydrogens (tertiary/aromatic N) is 3. The molecule has 0 saturated carbocycles. The van der Waals surface area contributed by atoms with Crippen LogP contribution in [0.3, 0.4) is 0 Å². The topological polar surface area (TPSA) is 49.0 Å². The SMILES string of the molecule is Cc1ccc(/C=C2\SC(N3CCN(c4cccc(Cl)c4)CC3)=NC2=O)o1. The Balaban J connectivity index is 1.40. The lowest BCUT2D eigenvalue weighted by Crippen LogP contribution is -2.47. The minimum Gasteiger partial charge on any atom is -0.462 e. The van der Waals surface area contributed by atoms with Crippen molar-refractivity contribution < 1.29 is 9.21 Å². The number of rotatable bonds is 2. The summed E-state index contributed by atoms with van der Waals surface area (Å²) in [6.45, 7) is 5.25. The van der Waals surface area contributed by atoms with Crippen molar-refractivity contribution >= 4 is 46.2 Å². The van der Waals surface area contributed by atoms with Crippen LogP contribution in [0.15, 0.2) is 50.7 Å². The summed E-state index contributed by atoms with van der Waals surface area (Å²) in [7, 11) is 0. The summed E-state index contributed by atoms with van der Waals surface area (Å²) in [4.78, 5) is 21.5. The number of piperazine rings is 1. The van der Waals surface area contributed by atoms with Crippen LogP contribution >= 0.6 is 23.4 Å². The Bertz CT molecular complexity index is 898. The van der Waals surface area contributed by atoms with Crippen molar-refractivity contribution in [2.45, 2.75) is 6.92 Å². The molecule has 2 aliphatic rings. The van der Waals surface area contributed by atoms with Gasteiger partial charge in [0.1, 0.15) is 11.5 Å². The van der Waals surface area contributed by atoms with Crippen LogP contribution in [0.1, 0.15) is 11.5 Å². The lowest BCUT2D eigenvalue weighted by molar-refractivity contribution is -0.113. The summed E-state index contributed by atoms with van der Waals surface area (Å²) in [6, 6.07) is 11.6. The average Bonchev–Trinajstić information content (AvgIpc) is 3.21. The molecule has 1 fully saturated rings. The third-order valence-corrected chi connectivity index (χ3v) is 5.65. The summed E-state index contributed by atoms with van der Waals surface area (Å²) in [5.74, 6) is 1.31. The largest absolute Gasteiger partial charge is 0.462 e. The molecule has 0 bridgehead atoms. The van der Waals surface area contributed by atoms with Gasteiger partial charge in [-0.15, -0.1) is 0 Å². The molecular weight excluding hydrogens is 370 g/mol. The first-order valence-electron chi connectivity index (χ1n) is 8.43. The fourth-order valence-electron chi connectivity index (χ4n) is 3.02. The van der Waals surface area contributed by atoms with Crippen molar-refractivity contribution in [3.8, 4) is 0 Å². The van der Waals surface area contributed by atoms with E-state index in [2.05, 4.69) is 20.9 Å². The van der Waals surface area contributed by atoms with Gasteiger partial charge in [0.15, 0.2) is 5.17 Å². The Morgan fingerprint density at radius 3 is 2.62 bits per heavy atom. The second kappa shape index (κ2) is 7.21. The van der Waals surface area contributed by atoms with Gasteiger partial charge in [0.2, 0.25) is 0 Å². The van der Waals surface area contributed by atoms with Crippen molar-refractivity contribution in [3.63, 3.8) is 0 Å². The van der Waals surface area contributed by atoms with Gasteiger partial charge in [-0.25, -0.2) is 0 Å². The predicted molar refractivity (Wildman–Crippen MR) is 107 cm³/mol. The number of amidine groups is 1. The minimum absolute atomic E-state index is 0.198. The molecular formula is C19H18ClN3O2S. The highest BCUT2D eigenvalue weighted by Gasteiger charge is 2.28. The summed E-state index contributed by atoms with van der Waals surface area (Å²) >= 11 is 7.50. The summed E-state index contributed by atoms with van der Waals surface area (Å²) < 4.78 is 5.52. The molecule has 0 spiro atoms. The maximum atomic E-state index is 12.2. The Morgan fingerprint density at radius 1 is 1.15 bits per heavy atom. The van der Waals surface area contributed by atoms with Crippen LogP contribution in [0.4, 0.5) is 5.69 Å². The van der Waals surface area contributed by atoms with Gasteiger partial charge < -0.3 is 14.2 Å². The number of halogens is 1. The number of benzene rings is 1. The fraction of sp³-hybridized carbons (Fsp3) is 0.263. The standard InChI is InChI=1S/C19H18ClN3O2S/c1-13-5-6-16(25-13)12-17-18(24)21-19(26-17)23-9-7-22(8-10-23)15-4-2-3-14(20)11-15/h2-6,11-12H,7-10H2,1H3/b17-12-. The maximum absolute atomic E-state index is 12.2. The highest BCUT2D eigenvalue weighted by atomic mass is 35.5. The van der Waals surface area contributed by atoms with Gasteiger partial charge in [-0.3, -0.25) is 4.79 Å². The van der Waals surface area contributed by atoms with Gasteiger partial charge in [0, 0.05) is 43.0 Å². The van der Waals surface area contributed by atoms with E-state index in [9.17, 15) is 4.79 Å². The molecule has 3 heterocycles. The summed E-state index contributed by atoms with van der Waals surface area (Å²) in [5, 5.41) is 1.52. The van der Waals surface area contributed by atoms with E-state index < -0.39 is 0 Å². The summed E-state index contributed by atoms with van der Waals surface area (Å²) in [5.41, 5.74) is 1.13. The number of carbonyl (C=O) groups excluding carboxylic acids is 1. The molecule has 0 aliphatic carbocycles. The molecule has 1 amide bonds. The van der Waals surface area contributed by atoms with E-state index in [-0.39, 0.29) is 5.91 Å². The van der Waals surface area contributed by atoms with Crippen molar-refractivity contribution in [1.82, 2.24) is 4.90 Å². The second-order valence-corrected chi connectivity index (χ2v) is 7.66. The zero-order valence-electron chi connectivity index (χ0n) is 14.3. The third kappa shape index (κ3) is 3.66. The van der Waals surface area contributed by atoms with Crippen LogP contribution in [0.25, 0.3) is 6.08 Å². The molecule has 4 rings (SSSR count). The molecule has 7 heteroatoms. The minimum atomic E-state index is -0.198. The second-order valence-electron chi connectivity index (χ2n) is 6.21. The van der Waals surface area contributed by atoms with E-state index in [1.165, 1.54) is 11.8 Å². The Morgan fingerprint density at radius 2 is 1.92 bits per heavy atom. The highest BCUT2D eigenvalue weighted by Crippen LogP contribution is 2.31. The molecule has 26 heavy (non-hydrogen) atoms. The first-order valence-corrected chi connectivity index (χ1v) is 9.62. The number of aliphatic imine (C=N–C) groups is 1. The van der Waals surface area contributed by atoms with Gasteiger partial charge >= 0.3 is 0 Å². The lowest BCUT2D eigenvalue weighted by atomic mass is 10.2. The molecule has 1 aromatic carbocycles. The smallest absolute Gasteiger partial charge is 0.286 e. The molecule has 0 N–H and O–H groups in total. The predicted octanol–water partition coefficient (Wildman–Crippen LogP) is 4.03. The molecule has 0 unspecified atom stereocenters. The Kier molecular flexibility index (Phi) is 4.78. The quantitative estimate of drug-likeness (QED) is 0.728. The summed E-state index contributed by atoms with van der Waals surface area (Å²) in [6.07, 6.45) is 1.76. The van der Waals surface area contributed by atoms with Crippen molar-refractivity contribution in [2.75, 3.05) is 31.1 Å². The van der Waals surface area contributed by atoms with Gasteiger partial charge in [0.05, 0.1) is 4.91 Å². The molecule has 1 saturated heterocycles. The van der Waals surface area contributed by atoms with Crippen LogP contribution < -0.4 is 4.90 Å². The van der Waals surface area contributed by atoms with E-state index in [0.717, 1.165) is 47.8 Å². The normalized spacial score (nSPS) is 19.4. The molecule has 5 nitrogen and oxygen atoms in total. The van der Waals surface area contributed by atoms with Crippen LogP contribution in [0.2, 0.25) is 5.02 Å². The zero-order valence-corrected chi connectivity index (χ0v) is 15.9. The lowest BCUT2D eigenvalue weighted by Gasteiger charge is -2.36. The first-order chi connectivity index (χ1) is 12.6. The zero-order chi connectivity index (χ0) is 18.1. The van der Waals surface area contributed by atoms with Crippen LogP contribution in [-0.4, -0.2) is 42.2 Å². The van der Waals surface area contributed by atoms with Crippen LogP contribution in [-0.2, 0) is 4.79 Å². The van der Waals surface area contributed by atoms with Crippen LogP contribution in [0, 0.1) is 6.92 Å². The van der Waals surface area contributed by atoms with Gasteiger partial charge in [-0.05, 0) is 49.0 Å². The number of thioether (sulfide) groups is 1. The maximum Gasteiger partial charge on any atom is 0.286 e. The van der Waals surface area contributed by atoms with E-state index >= 15 is 0 Å². The van der Waals surface area contributed by atoms with Gasteiger partial charge in [0.25, 0.3) is 5.91 Å². The Hall–Kier alpha value is -2.18. The number of carbonyl (C=O) groups is 1. The van der Waals surface area contributed by atoms with E-state index in [0.29, 0.717) is 10.7 Å². The highest BCUT2D eigenvalue weighted by molar-refractivity contribution is 8.18. The number of amides is 1. The number of hydrogen-bond donors (Lipinski definition) is 0. The van der Waals surface area contributed by atoms with Crippen molar-refractivity contribution in [3.05, 3.63) is 57.8 Å². The molecule has 134 valence electrons. The molecule has 2 aromatic rings. The first kappa shape index (κ1) is 17.2. The number of aryl methyl sites for hydroxylation is 1. The number of furan rings is 1. The van der Waals surface area contributed by atoms with E-state index in [1.807, 2.05) is 37.3 Å². The number of hydrogen-bond acceptors (Lipinski definition) is 5. The van der Waals surface area contributed by atoms with Crippen LogP contribution in [0.5, 0.6) is 0 Å². The van der Waals surface area contributed by atoms with Gasteiger partial charge in [-0.1, -0.05) is 17.7 Å². The molecule has 0 atom stereocenters. The monoisotopic (exact) mass is 387 g/mol. The molecule has 0 radical (unpaired) electrons. The van der Waals surface area contributed by atoms with E-state index in [1.54, 1.807) is 6.08 Å². The van der Waals surface area contributed by atoms with Crippen molar-refractivity contribution in [2.24, 2.45) is 4.99 Å². The third-order valence-electron chi connectivity index (χ3n) is 4.37. The van der Waals surface area contributed by atoms with Gasteiger partial charge in [-0.2, -0.15) is 4.99 Å².